The van der Waals surface area contributed by atoms with Crippen LogP contribution in [0.5, 0.6) is 5.75 Å². The first-order valence-electron chi connectivity index (χ1n) is 8.22. The van der Waals surface area contributed by atoms with Gasteiger partial charge in [0, 0.05) is 25.6 Å². The topological polar surface area (TPSA) is 41.6 Å². The van der Waals surface area contributed by atoms with E-state index in [0.29, 0.717) is 5.56 Å². The molecule has 0 bridgehead atoms. The molecule has 1 saturated heterocycles. The molecule has 4 nitrogen and oxygen atoms in total. The summed E-state index contributed by atoms with van der Waals surface area (Å²) in [5.41, 5.74) is 0.380. The van der Waals surface area contributed by atoms with Crippen molar-refractivity contribution in [2.24, 2.45) is 0 Å². The Hall–Kier alpha value is -1.76. The van der Waals surface area contributed by atoms with Crippen molar-refractivity contribution in [1.29, 1.82) is 0 Å². The van der Waals surface area contributed by atoms with Crippen LogP contribution in [0.3, 0.4) is 0 Å². The van der Waals surface area contributed by atoms with Crippen molar-refractivity contribution in [2.45, 2.75) is 45.0 Å². The van der Waals surface area contributed by atoms with E-state index in [1.807, 2.05) is 0 Å². The fourth-order valence-corrected chi connectivity index (χ4v) is 2.88. The molecule has 0 unspecified atom stereocenters. The van der Waals surface area contributed by atoms with Gasteiger partial charge in [-0.05, 0) is 37.4 Å². The first kappa shape index (κ1) is 18.6. The summed E-state index contributed by atoms with van der Waals surface area (Å²) >= 11 is 0. The van der Waals surface area contributed by atoms with Crippen LogP contribution in [-0.2, 0) is 11.2 Å². The number of aryl methyl sites for hydroxylation is 1. The average Bonchev–Trinajstić information content (AvgIpc) is 2.53. The Kier molecular flexibility index (Phi) is 6.48. The molecule has 1 aliphatic heterocycles. The van der Waals surface area contributed by atoms with Crippen molar-refractivity contribution in [3.8, 4) is 5.75 Å². The highest BCUT2D eigenvalue weighted by molar-refractivity contribution is 5.76. The zero-order chi connectivity index (χ0) is 17.6. The van der Waals surface area contributed by atoms with E-state index >= 15 is 0 Å². The van der Waals surface area contributed by atoms with Gasteiger partial charge < -0.3 is 15.0 Å². The lowest BCUT2D eigenvalue weighted by atomic mass is 10.0. The van der Waals surface area contributed by atoms with Crippen LogP contribution in [0, 0.1) is 0 Å². The van der Waals surface area contributed by atoms with E-state index in [4.69, 9.17) is 0 Å². The van der Waals surface area contributed by atoms with Gasteiger partial charge in [0.1, 0.15) is 5.75 Å². The second kappa shape index (κ2) is 8.37. The quantitative estimate of drug-likeness (QED) is 0.862. The molecule has 0 atom stereocenters. The molecule has 1 amide bonds. The van der Waals surface area contributed by atoms with E-state index < -0.39 is 6.36 Å². The van der Waals surface area contributed by atoms with Gasteiger partial charge in [-0.2, -0.15) is 0 Å². The van der Waals surface area contributed by atoms with Gasteiger partial charge in [-0.3, -0.25) is 4.79 Å². The summed E-state index contributed by atoms with van der Waals surface area (Å²) < 4.78 is 41.2. The molecule has 7 heteroatoms. The number of para-hydroxylation sites is 1. The van der Waals surface area contributed by atoms with Crippen LogP contribution < -0.4 is 10.1 Å². The summed E-state index contributed by atoms with van der Waals surface area (Å²) in [6.07, 6.45) is -2.55. The molecule has 0 saturated carbocycles. The van der Waals surface area contributed by atoms with Crippen molar-refractivity contribution in [3.05, 3.63) is 29.8 Å². The lowest BCUT2D eigenvalue weighted by molar-refractivity contribution is -0.274. The maximum Gasteiger partial charge on any atom is 0.573 e. The largest absolute Gasteiger partial charge is 0.573 e. The minimum Gasteiger partial charge on any atom is -0.406 e. The van der Waals surface area contributed by atoms with Gasteiger partial charge in [0.15, 0.2) is 0 Å². The predicted octanol–water partition coefficient (Wildman–Crippen LogP) is 3.12. The van der Waals surface area contributed by atoms with Crippen molar-refractivity contribution in [1.82, 2.24) is 10.2 Å². The third kappa shape index (κ3) is 6.03. The molecule has 1 heterocycles. The molecule has 1 N–H and O–H groups in total. The molecule has 1 aromatic carbocycles. The van der Waals surface area contributed by atoms with Crippen molar-refractivity contribution in [2.75, 3.05) is 19.6 Å². The number of alkyl halides is 3. The van der Waals surface area contributed by atoms with Crippen LogP contribution >= 0.6 is 0 Å². The first-order valence-corrected chi connectivity index (χ1v) is 8.22. The third-order valence-corrected chi connectivity index (χ3v) is 4.22. The molecular weight excluding hydrogens is 321 g/mol. The molecule has 0 spiro atoms. The van der Waals surface area contributed by atoms with Gasteiger partial charge in [-0.1, -0.05) is 25.1 Å². The number of rotatable bonds is 6. The summed E-state index contributed by atoms with van der Waals surface area (Å²) in [6.45, 7) is 5.05. The molecule has 1 aromatic rings. The Bertz CT molecular complexity index is 541. The van der Waals surface area contributed by atoms with E-state index in [1.54, 1.807) is 12.1 Å². The Morgan fingerprint density at radius 2 is 1.96 bits per heavy atom. The molecule has 24 heavy (non-hydrogen) atoms. The highest BCUT2D eigenvalue weighted by atomic mass is 19.4. The molecule has 0 aromatic heterocycles. The molecule has 134 valence electrons. The Labute approximate surface area is 140 Å². The van der Waals surface area contributed by atoms with Crippen LogP contribution in [0.1, 0.15) is 31.7 Å². The number of halogens is 3. The predicted molar refractivity (Wildman–Crippen MR) is 84.7 cm³/mol. The van der Waals surface area contributed by atoms with Crippen LogP contribution in [0.4, 0.5) is 13.2 Å². The number of amides is 1. The third-order valence-electron chi connectivity index (χ3n) is 4.22. The summed E-state index contributed by atoms with van der Waals surface area (Å²) in [7, 11) is 0. The van der Waals surface area contributed by atoms with Crippen molar-refractivity contribution < 1.29 is 22.7 Å². The molecular formula is C17H23F3N2O2. The van der Waals surface area contributed by atoms with Gasteiger partial charge in [-0.25, -0.2) is 0 Å². The van der Waals surface area contributed by atoms with E-state index in [9.17, 15) is 18.0 Å². The van der Waals surface area contributed by atoms with Crippen LogP contribution in [0.25, 0.3) is 0 Å². The number of benzene rings is 1. The van der Waals surface area contributed by atoms with Crippen molar-refractivity contribution >= 4 is 5.91 Å². The Balaban J connectivity index is 1.82. The second-order valence-electron chi connectivity index (χ2n) is 5.93. The minimum atomic E-state index is -4.73. The van der Waals surface area contributed by atoms with Crippen molar-refractivity contribution in [3.63, 3.8) is 0 Å². The van der Waals surface area contributed by atoms with Gasteiger partial charge in [-0.15, -0.1) is 13.2 Å². The van der Waals surface area contributed by atoms with Crippen LogP contribution in [-0.4, -0.2) is 42.8 Å². The van der Waals surface area contributed by atoms with E-state index in [0.717, 1.165) is 32.5 Å². The number of carbonyl (C=O) groups is 1. The van der Waals surface area contributed by atoms with Crippen LogP contribution in [0.2, 0.25) is 0 Å². The smallest absolute Gasteiger partial charge is 0.406 e. The number of hydrogen-bond acceptors (Lipinski definition) is 3. The number of nitrogens with zero attached hydrogens (tertiary/aromatic N) is 1. The van der Waals surface area contributed by atoms with E-state index in [1.165, 1.54) is 12.1 Å². The number of likely N-dealkylation sites (tertiary alicyclic amines) is 1. The standard InChI is InChI=1S/C17H23F3N2O2/c1-2-22-11-9-14(10-12-22)21-16(23)8-7-13-5-3-4-6-15(13)24-17(18,19)20/h3-6,14H,2,7-12H2,1H3,(H,21,23). The average molecular weight is 344 g/mol. The monoisotopic (exact) mass is 344 g/mol. The lowest BCUT2D eigenvalue weighted by Gasteiger charge is -2.31. The van der Waals surface area contributed by atoms with E-state index in [-0.39, 0.29) is 30.5 Å². The van der Waals surface area contributed by atoms with Gasteiger partial charge in [0.2, 0.25) is 5.91 Å². The SMILES string of the molecule is CCN1CCC(NC(=O)CCc2ccccc2OC(F)(F)F)CC1. The molecule has 1 aliphatic rings. The zero-order valence-electron chi connectivity index (χ0n) is 13.7. The summed E-state index contributed by atoms with van der Waals surface area (Å²) in [5.74, 6) is -0.374. The van der Waals surface area contributed by atoms with Gasteiger partial charge >= 0.3 is 6.36 Å². The number of carbonyl (C=O) groups excluding carboxylic acids is 1. The lowest BCUT2D eigenvalue weighted by Crippen LogP contribution is -2.44. The van der Waals surface area contributed by atoms with E-state index in [2.05, 4.69) is 21.9 Å². The highest BCUT2D eigenvalue weighted by Gasteiger charge is 2.32. The number of nitrogens with one attached hydrogen (secondary N) is 1. The number of hydrogen-bond donors (Lipinski definition) is 1. The second-order valence-corrected chi connectivity index (χ2v) is 5.93. The first-order chi connectivity index (χ1) is 11.4. The maximum atomic E-state index is 12.4. The number of ether oxygens (including phenoxy) is 1. The summed E-state index contributed by atoms with van der Waals surface area (Å²) in [4.78, 5) is 14.4. The summed E-state index contributed by atoms with van der Waals surface area (Å²) in [6, 6.07) is 6.08. The molecule has 0 aliphatic carbocycles. The highest BCUT2D eigenvalue weighted by Crippen LogP contribution is 2.27. The van der Waals surface area contributed by atoms with Gasteiger partial charge in [0.05, 0.1) is 0 Å². The zero-order valence-corrected chi connectivity index (χ0v) is 13.7. The molecule has 2 rings (SSSR count). The number of piperidine rings is 1. The minimum absolute atomic E-state index is 0.133. The molecule has 1 fully saturated rings. The Morgan fingerprint density at radius 3 is 2.58 bits per heavy atom. The fourth-order valence-electron chi connectivity index (χ4n) is 2.88. The normalized spacial score (nSPS) is 16.8. The maximum absolute atomic E-state index is 12.4. The summed E-state index contributed by atoms with van der Waals surface area (Å²) in [5, 5.41) is 2.97. The van der Waals surface area contributed by atoms with Gasteiger partial charge in [0.25, 0.3) is 0 Å². The molecule has 0 radical (unpaired) electrons. The van der Waals surface area contributed by atoms with Crippen LogP contribution in [0.15, 0.2) is 24.3 Å². The fraction of sp³-hybridized carbons (Fsp3) is 0.588. The Morgan fingerprint density at radius 1 is 1.29 bits per heavy atom.